The number of unbranched alkanes of at least 4 members (excludes halogenated alkanes) is 25. The first-order valence-corrected chi connectivity index (χ1v) is 26.8. The monoisotopic (exact) mass is 878 g/mol. The van der Waals surface area contributed by atoms with Crippen LogP contribution in [0.3, 0.4) is 0 Å². The second kappa shape index (κ2) is 49.2. The van der Waals surface area contributed by atoms with Crippen molar-refractivity contribution in [2.75, 3.05) is 33.0 Å². The molecule has 0 rings (SSSR count). The Labute approximate surface area is 376 Å². The maximum Gasteiger partial charge on any atom is 0.472 e. The van der Waals surface area contributed by atoms with Gasteiger partial charge >= 0.3 is 13.8 Å². The van der Waals surface area contributed by atoms with E-state index in [4.69, 9.17) is 24.3 Å². The number of esters is 1. The lowest BCUT2D eigenvalue weighted by molar-refractivity contribution is -0.154. The Kier molecular flexibility index (Phi) is 47.8. The van der Waals surface area contributed by atoms with Gasteiger partial charge in [0.05, 0.1) is 19.8 Å². The summed E-state index contributed by atoms with van der Waals surface area (Å²) in [4.78, 5) is 22.6. The lowest BCUT2D eigenvalue weighted by atomic mass is 10.0. The topological polar surface area (TPSA) is 117 Å². The highest BCUT2D eigenvalue weighted by atomic mass is 31.2. The van der Waals surface area contributed by atoms with Crippen molar-refractivity contribution in [1.29, 1.82) is 0 Å². The average Bonchev–Trinajstić information content (AvgIpc) is 3.25. The molecule has 0 spiro atoms. The van der Waals surface area contributed by atoms with Crippen LogP contribution < -0.4 is 5.73 Å². The normalized spacial score (nSPS) is 13.8. The maximum atomic E-state index is 12.7. The van der Waals surface area contributed by atoms with Crippen molar-refractivity contribution in [2.24, 2.45) is 5.73 Å². The summed E-state index contributed by atoms with van der Waals surface area (Å²) in [7, 11) is -4.29. The SMILES string of the molecule is CC/C=C\C/C=C\C/C=C\C/C=C\C/C=C\CCCCCCCCCC(=O)OC(COCCCCCCCCCCCCCCCCCCCCC)COP(=O)(O)OCCN. The molecule has 0 aliphatic rings. The van der Waals surface area contributed by atoms with Crippen LogP contribution in [-0.2, 0) is 27.9 Å². The molecule has 0 saturated carbocycles. The lowest BCUT2D eigenvalue weighted by Gasteiger charge is -2.20. The van der Waals surface area contributed by atoms with E-state index >= 15 is 0 Å². The van der Waals surface area contributed by atoms with Gasteiger partial charge in [-0.3, -0.25) is 13.8 Å². The number of nitrogens with two attached hydrogens (primary N) is 1. The largest absolute Gasteiger partial charge is 0.472 e. The minimum Gasteiger partial charge on any atom is -0.457 e. The third-order valence-electron chi connectivity index (χ3n) is 10.7. The fraction of sp³-hybridized carbons (Fsp3) is 0.788. The quantitative estimate of drug-likeness (QED) is 0.0269. The third-order valence-corrected chi connectivity index (χ3v) is 11.7. The van der Waals surface area contributed by atoms with Crippen LogP contribution in [0.2, 0.25) is 0 Å². The number of carbonyl (C=O) groups excluding carboxylic acids is 1. The van der Waals surface area contributed by atoms with Crippen molar-refractivity contribution in [3.8, 4) is 0 Å². The van der Waals surface area contributed by atoms with Gasteiger partial charge in [0.25, 0.3) is 0 Å². The minimum absolute atomic E-state index is 0.0972. The van der Waals surface area contributed by atoms with Crippen LogP contribution >= 0.6 is 7.82 Å². The Morgan fingerprint density at radius 1 is 0.508 bits per heavy atom. The molecule has 0 aromatic rings. The molecule has 0 heterocycles. The molecule has 2 unspecified atom stereocenters. The van der Waals surface area contributed by atoms with Crippen LogP contribution in [0.25, 0.3) is 0 Å². The highest BCUT2D eigenvalue weighted by molar-refractivity contribution is 7.47. The molecule has 0 aliphatic carbocycles. The van der Waals surface area contributed by atoms with E-state index in [9.17, 15) is 14.3 Å². The van der Waals surface area contributed by atoms with Crippen LogP contribution in [-0.4, -0.2) is 49.9 Å². The van der Waals surface area contributed by atoms with Gasteiger partial charge in [0, 0.05) is 19.6 Å². The molecular formula is C52H96NO7P. The zero-order valence-corrected chi connectivity index (χ0v) is 40.5. The van der Waals surface area contributed by atoms with Crippen LogP contribution in [0.15, 0.2) is 60.8 Å². The molecule has 0 fully saturated rings. The summed E-state index contributed by atoms with van der Waals surface area (Å²) in [6, 6.07) is 0. The van der Waals surface area contributed by atoms with Gasteiger partial charge in [-0.1, -0.05) is 222 Å². The summed E-state index contributed by atoms with van der Waals surface area (Å²) in [5.41, 5.74) is 5.39. The van der Waals surface area contributed by atoms with Gasteiger partial charge in [0.1, 0.15) is 6.10 Å². The first-order valence-electron chi connectivity index (χ1n) is 25.3. The van der Waals surface area contributed by atoms with Crippen LogP contribution in [0.1, 0.15) is 226 Å². The zero-order chi connectivity index (χ0) is 44.4. The molecule has 0 aromatic carbocycles. The molecule has 8 nitrogen and oxygen atoms in total. The molecule has 0 bridgehead atoms. The smallest absolute Gasteiger partial charge is 0.457 e. The van der Waals surface area contributed by atoms with E-state index in [2.05, 4.69) is 74.6 Å². The van der Waals surface area contributed by atoms with Crippen LogP contribution in [0.4, 0.5) is 0 Å². The number of phosphoric ester groups is 1. The minimum atomic E-state index is -4.29. The summed E-state index contributed by atoms with van der Waals surface area (Å²) < 4.78 is 33.6. The second-order valence-corrected chi connectivity index (χ2v) is 18.1. The van der Waals surface area contributed by atoms with Gasteiger partial charge in [-0.2, -0.15) is 0 Å². The second-order valence-electron chi connectivity index (χ2n) is 16.7. The summed E-state index contributed by atoms with van der Waals surface area (Å²) in [5.74, 6) is -0.339. The summed E-state index contributed by atoms with van der Waals surface area (Å²) in [6.07, 6.45) is 61.0. The fourth-order valence-corrected chi connectivity index (χ4v) is 7.79. The van der Waals surface area contributed by atoms with Crippen LogP contribution in [0, 0.1) is 0 Å². The number of allylic oxidation sites excluding steroid dienone is 10. The van der Waals surface area contributed by atoms with Crippen molar-refractivity contribution >= 4 is 13.8 Å². The molecule has 0 amide bonds. The molecule has 3 N–H and O–H groups in total. The number of ether oxygens (including phenoxy) is 2. The van der Waals surface area contributed by atoms with E-state index in [1.165, 1.54) is 135 Å². The highest BCUT2D eigenvalue weighted by Gasteiger charge is 2.25. The lowest BCUT2D eigenvalue weighted by Crippen LogP contribution is -2.28. The van der Waals surface area contributed by atoms with E-state index in [1.807, 2.05) is 0 Å². The molecule has 0 aliphatic heterocycles. The molecule has 356 valence electrons. The van der Waals surface area contributed by atoms with Gasteiger partial charge < -0.3 is 20.1 Å². The number of hydrogen-bond acceptors (Lipinski definition) is 7. The number of hydrogen-bond donors (Lipinski definition) is 2. The first kappa shape index (κ1) is 59.2. The molecule has 9 heteroatoms. The standard InChI is InChI=1S/C52H96NO7P/c1-3-5-7-9-11-13-15-17-19-21-23-24-25-26-27-29-31-33-35-37-39-41-43-45-52(54)60-51(50-59-61(55,56)58-48-46-53)49-57-47-44-42-40-38-36-34-32-30-28-22-20-18-16-14-12-10-8-6-4-2/h5,7,11,13,17,19,23-24,26-27,51H,3-4,6,8-10,12,14-16,18,20-22,25,28-50,53H2,1-2H3,(H,55,56)/b7-5-,13-11-,19-17-,24-23-,27-26-. The molecular weight excluding hydrogens is 782 g/mol. The van der Waals surface area contributed by atoms with Gasteiger partial charge in [0.2, 0.25) is 0 Å². The van der Waals surface area contributed by atoms with Crippen molar-refractivity contribution in [2.45, 2.75) is 232 Å². The Bertz CT molecular complexity index is 1120. The maximum absolute atomic E-state index is 12.7. The van der Waals surface area contributed by atoms with Crippen molar-refractivity contribution < 1.29 is 32.8 Å². The zero-order valence-electron chi connectivity index (χ0n) is 39.6. The summed E-state index contributed by atoms with van der Waals surface area (Å²) in [6.45, 7) is 4.83. The van der Waals surface area contributed by atoms with E-state index in [0.29, 0.717) is 13.0 Å². The van der Waals surface area contributed by atoms with Gasteiger partial charge in [-0.05, 0) is 57.8 Å². The predicted molar refractivity (Wildman–Crippen MR) is 261 cm³/mol. The first-order chi connectivity index (χ1) is 29.9. The average molecular weight is 878 g/mol. The number of phosphoric acid groups is 1. The van der Waals surface area contributed by atoms with Gasteiger partial charge in [-0.25, -0.2) is 4.57 Å². The molecule has 2 atom stereocenters. The fourth-order valence-electron chi connectivity index (χ4n) is 7.02. The molecule has 0 saturated heterocycles. The van der Waals surface area contributed by atoms with E-state index in [0.717, 1.165) is 70.6 Å². The number of rotatable bonds is 48. The summed E-state index contributed by atoms with van der Waals surface area (Å²) >= 11 is 0. The van der Waals surface area contributed by atoms with E-state index < -0.39 is 13.9 Å². The Morgan fingerprint density at radius 2 is 0.918 bits per heavy atom. The number of carbonyl (C=O) groups is 1. The Morgan fingerprint density at radius 3 is 1.38 bits per heavy atom. The molecule has 0 radical (unpaired) electrons. The van der Waals surface area contributed by atoms with Crippen LogP contribution in [0.5, 0.6) is 0 Å². The van der Waals surface area contributed by atoms with E-state index in [-0.39, 0.29) is 32.3 Å². The molecule has 0 aromatic heterocycles. The summed E-state index contributed by atoms with van der Waals surface area (Å²) in [5, 5.41) is 0. The van der Waals surface area contributed by atoms with Gasteiger partial charge in [0.15, 0.2) is 0 Å². The highest BCUT2D eigenvalue weighted by Crippen LogP contribution is 2.43. The molecule has 61 heavy (non-hydrogen) atoms. The third kappa shape index (κ3) is 49.1. The Hall–Kier alpha value is -1.80. The van der Waals surface area contributed by atoms with E-state index in [1.54, 1.807) is 0 Å². The van der Waals surface area contributed by atoms with Gasteiger partial charge in [-0.15, -0.1) is 0 Å². The van der Waals surface area contributed by atoms with Crippen molar-refractivity contribution in [1.82, 2.24) is 0 Å². The van der Waals surface area contributed by atoms with Crippen molar-refractivity contribution in [3.63, 3.8) is 0 Å². The predicted octanol–water partition coefficient (Wildman–Crippen LogP) is 15.7. The Balaban J connectivity index is 3.98. The van der Waals surface area contributed by atoms with Crippen molar-refractivity contribution in [3.05, 3.63) is 60.8 Å².